The number of amides is 2. The molecule has 0 fully saturated rings. The molecule has 1 unspecified atom stereocenters. The van der Waals surface area contributed by atoms with Crippen molar-refractivity contribution in [3.8, 4) is 5.75 Å². The molecular weight excluding hydrogens is 468 g/mol. The number of nitrogens with one attached hydrogen (secondary N) is 2. The van der Waals surface area contributed by atoms with E-state index >= 15 is 0 Å². The van der Waals surface area contributed by atoms with Gasteiger partial charge in [0.15, 0.2) is 6.61 Å². The predicted octanol–water partition coefficient (Wildman–Crippen LogP) is 6.79. The van der Waals surface area contributed by atoms with Gasteiger partial charge in [0.2, 0.25) is 5.91 Å². The third kappa shape index (κ3) is 6.99. The van der Waals surface area contributed by atoms with Gasteiger partial charge in [0.1, 0.15) is 11.0 Å². The van der Waals surface area contributed by atoms with Crippen molar-refractivity contribution in [3.05, 3.63) is 120 Å². The molecule has 0 spiro atoms. The fourth-order valence-corrected chi connectivity index (χ4v) is 4.57. The number of carbonyl (C=O) groups is 2. The van der Waals surface area contributed by atoms with Gasteiger partial charge in [0.25, 0.3) is 5.91 Å². The Hall–Kier alpha value is -4.03. The van der Waals surface area contributed by atoms with Gasteiger partial charge in [-0.2, -0.15) is 0 Å². The molecule has 0 heterocycles. The summed E-state index contributed by atoms with van der Waals surface area (Å²) in [5, 5.41) is 5.46. The standard InChI is InChI=1S/C30H28N2O3S/c1-21-13-14-25(19-22(21)2)32-30(34)29(23-9-5-3-6-10-23)36-27-17-15-24(16-18-27)31-28(33)20-35-26-11-7-4-8-12-26/h3-19,29H,20H2,1-2H3,(H,31,33)(H,32,34). The molecule has 2 N–H and O–H groups in total. The van der Waals surface area contributed by atoms with Crippen LogP contribution in [0.1, 0.15) is 21.9 Å². The molecule has 0 bridgehead atoms. The molecule has 4 aromatic carbocycles. The number of benzene rings is 4. The van der Waals surface area contributed by atoms with Crippen LogP contribution in [0, 0.1) is 13.8 Å². The van der Waals surface area contributed by atoms with Crippen LogP contribution < -0.4 is 15.4 Å². The quantitative estimate of drug-likeness (QED) is 0.250. The van der Waals surface area contributed by atoms with E-state index in [0.717, 1.165) is 21.7 Å². The van der Waals surface area contributed by atoms with Crippen LogP contribution in [0.5, 0.6) is 5.75 Å². The molecule has 0 saturated carbocycles. The van der Waals surface area contributed by atoms with Crippen molar-refractivity contribution in [2.24, 2.45) is 0 Å². The maximum atomic E-state index is 13.3. The van der Waals surface area contributed by atoms with Crippen molar-refractivity contribution in [1.29, 1.82) is 0 Å². The Morgan fingerprint density at radius 1 is 0.750 bits per heavy atom. The summed E-state index contributed by atoms with van der Waals surface area (Å²) in [4.78, 5) is 26.5. The second-order valence-corrected chi connectivity index (χ2v) is 9.55. The van der Waals surface area contributed by atoms with E-state index < -0.39 is 5.25 Å². The van der Waals surface area contributed by atoms with Gasteiger partial charge < -0.3 is 15.4 Å². The molecule has 0 aromatic heterocycles. The number of aryl methyl sites for hydroxylation is 2. The summed E-state index contributed by atoms with van der Waals surface area (Å²) in [7, 11) is 0. The lowest BCUT2D eigenvalue weighted by Crippen LogP contribution is -2.20. The van der Waals surface area contributed by atoms with E-state index in [1.165, 1.54) is 17.3 Å². The SMILES string of the molecule is Cc1ccc(NC(=O)C(Sc2ccc(NC(=O)COc3ccccc3)cc2)c2ccccc2)cc1C. The zero-order chi connectivity index (χ0) is 25.3. The summed E-state index contributed by atoms with van der Waals surface area (Å²) < 4.78 is 5.49. The van der Waals surface area contributed by atoms with E-state index in [4.69, 9.17) is 4.74 Å². The van der Waals surface area contributed by atoms with Gasteiger partial charge in [-0.25, -0.2) is 0 Å². The van der Waals surface area contributed by atoms with Gasteiger partial charge in [0.05, 0.1) is 0 Å². The second-order valence-electron chi connectivity index (χ2n) is 8.37. The zero-order valence-corrected chi connectivity index (χ0v) is 21.0. The Kier molecular flexibility index (Phi) is 8.42. The maximum absolute atomic E-state index is 13.3. The first-order valence-electron chi connectivity index (χ1n) is 11.7. The van der Waals surface area contributed by atoms with E-state index in [1.54, 1.807) is 12.1 Å². The highest BCUT2D eigenvalue weighted by Gasteiger charge is 2.22. The first-order valence-corrected chi connectivity index (χ1v) is 12.5. The number of rotatable bonds is 9. The largest absolute Gasteiger partial charge is 0.484 e. The monoisotopic (exact) mass is 496 g/mol. The van der Waals surface area contributed by atoms with E-state index in [1.807, 2.05) is 105 Å². The van der Waals surface area contributed by atoms with Gasteiger partial charge in [-0.05, 0) is 79.1 Å². The number of thioether (sulfide) groups is 1. The Labute approximate surface area is 215 Å². The lowest BCUT2D eigenvalue weighted by Gasteiger charge is -2.18. The molecule has 36 heavy (non-hydrogen) atoms. The molecule has 0 saturated heterocycles. The first kappa shape index (κ1) is 25.1. The van der Waals surface area contributed by atoms with E-state index in [0.29, 0.717) is 11.4 Å². The molecule has 0 aliphatic rings. The molecular formula is C30H28N2O3S. The molecule has 182 valence electrons. The van der Waals surface area contributed by atoms with Crippen LogP contribution in [0.4, 0.5) is 11.4 Å². The Bertz CT molecular complexity index is 1310. The summed E-state index contributed by atoms with van der Waals surface area (Å²) in [6.45, 7) is 4.00. The topological polar surface area (TPSA) is 67.4 Å². The van der Waals surface area contributed by atoms with Crippen molar-refractivity contribution in [2.75, 3.05) is 17.2 Å². The fourth-order valence-electron chi connectivity index (χ4n) is 3.54. The van der Waals surface area contributed by atoms with Gasteiger partial charge in [-0.1, -0.05) is 54.6 Å². The predicted molar refractivity (Wildman–Crippen MR) is 147 cm³/mol. The van der Waals surface area contributed by atoms with Gasteiger partial charge in [-0.3, -0.25) is 9.59 Å². The first-order chi connectivity index (χ1) is 17.5. The highest BCUT2D eigenvalue weighted by Crippen LogP contribution is 2.36. The number of anilines is 2. The van der Waals surface area contributed by atoms with Crippen LogP contribution in [0.3, 0.4) is 0 Å². The van der Waals surface area contributed by atoms with E-state index in [-0.39, 0.29) is 18.4 Å². The summed E-state index contributed by atoms with van der Waals surface area (Å²) in [5.74, 6) is 0.310. The molecule has 6 heteroatoms. The lowest BCUT2D eigenvalue weighted by molar-refractivity contribution is -0.118. The third-order valence-electron chi connectivity index (χ3n) is 5.62. The molecule has 4 rings (SSSR count). The number of ether oxygens (including phenoxy) is 1. The van der Waals surface area contributed by atoms with Crippen LogP contribution in [0.25, 0.3) is 0 Å². The molecule has 0 aliphatic heterocycles. The van der Waals surface area contributed by atoms with Gasteiger partial charge >= 0.3 is 0 Å². The highest BCUT2D eigenvalue weighted by molar-refractivity contribution is 8.00. The van der Waals surface area contributed by atoms with Crippen LogP contribution in [-0.4, -0.2) is 18.4 Å². The average molecular weight is 497 g/mol. The molecule has 2 amide bonds. The van der Waals surface area contributed by atoms with Crippen molar-refractivity contribution in [3.63, 3.8) is 0 Å². The maximum Gasteiger partial charge on any atom is 0.262 e. The van der Waals surface area contributed by atoms with Gasteiger partial charge in [-0.15, -0.1) is 11.8 Å². The van der Waals surface area contributed by atoms with Crippen molar-refractivity contribution >= 4 is 35.0 Å². The number of hydrogen-bond donors (Lipinski definition) is 2. The molecule has 1 atom stereocenters. The van der Waals surface area contributed by atoms with Crippen molar-refractivity contribution in [1.82, 2.24) is 0 Å². The summed E-state index contributed by atoms with van der Waals surface area (Å²) in [6, 6.07) is 32.3. The average Bonchev–Trinajstić information content (AvgIpc) is 2.90. The fraction of sp³-hybridized carbons (Fsp3) is 0.133. The molecule has 0 radical (unpaired) electrons. The number of hydrogen-bond acceptors (Lipinski definition) is 4. The summed E-state index contributed by atoms with van der Waals surface area (Å²) in [6.07, 6.45) is 0. The summed E-state index contributed by atoms with van der Waals surface area (Å²) in [5.41, 5.74) is 4.67. The number of para-hydroxylation sites is 1. The lowest BCUT2D eigenvalue weighted by atomic mass is 10.1. The molecule has 0 aliphatic carbocycles. The van der Waals surface area contributed by atoms with Crippen LogP contribution in [0.15, 0.2) is 108 Å². The smallest absolute Gasteiger partial charge is 0.262 e. The Morgan fingerprint density at radius 2 is 1.39 bits per heavy atom. The number of carbonyl (C=O) groups excluding carboxylic acids is 2. The Balaban J connectivity index is 1.41. The van der Waals surface area contributed by atoms with Gasteiger partial charge in [0, 0.05) is 16.3 Å². The Morgan fingerprint density at radius 3 is 2.06 bits per heavy atom. The van der Waals surface area contributed by atoms with Crippen LogP contribution >= 0.6 is 11.8 Å². The minimum Gasteiger partial charge on any atom is -0.484 e. The molecule has 5 nitrogen and oxygen atoms in total. The van der Waals surface area contributed by atoms with E-state index in [2.05, 4.69) is 10.6 Å². The van der Waals surface area contributed by atoms with Crippen LogP contribution in [-0.2, 0) is 9.59 Å². The second kappa shape index (κ2) is 12.1. The van der Waals surface area contributed by atoms with E-state index in [9.17, 15) is 9.59 Å². The minimum absolute atomic E-state index is 0.0742. The minimum atomic E-state index is -0.437. The third-order valence-corrected chi connectivity index (χ3v) is 6.89. The highest BCUT2D eigenvalue weighted by atomic mass is 32.2. The zero-order valence-electron chi connectivity index (χ0n) is 20.2. The van der Waals surface area contributed by atoms with Crippen molar-refractivity contribution in [2.45, 2.75) is 24.0 Å². The summed E-state index contributed by atoms with van der Waals surface area (Å²) >= 11 is 1.46. The molecule has 4 aromatic rings. The normalized spacial score (nSPS) is 11.4. The van der Waals surface area contributed by atoms with Crippen LogP contribution in [0.2, 0.25) is 0 Å². The van der Waals surface area contributed by atoms with Crippen molar-refractivity contribution < 1.29 is 14.3 Å².